The predicted octanol–water partition coefficient (Wildman–Crippen LogP) is 1.20. The second kappa shape index (κ2) is 7.82. The molecule has 0 atom stereocenters. The summed E-state index contributed by atoms with van der Waals surface area (Å²) in [7, 11) is 0. The van der Waals surface area contributed by atoms with E-state index in [1.54, 1.807) is 0 Å². The van der Waals surface area contributed by atoms with Crippen LogP contribution in [0.4, 0.5) is 0 Å². The number of rotatable bonds is 3. The first kappa shape index (κ1) is 15.6. The third-order valence-corrected chi connectivity index (χ3v) is 3.72. The van der Waals surface area contributed by atoms with Crippen LogP contribution in [0.5, 0.6) is 0 Å². The fourth-order valence-corrected chi connectivity index (χ4v) is 2.43. The molecule has 1 aliphatic rings. The van der Waals surface area contributed by atoms with Crippen molar-refractivity contribution < 1.29 is 9.90 Å². The number of benzene rings is 1. The summed E-state index contributed by atoms with van der Waals surface area (Å²) in [6.07, 6.45) is 0.428. The van der Waals surface area contributed by atoms with Gasteiger partial charge in [-0.1, -0.05) is 30.9 Å². The quantitative estimate of drug-likeness (QED) is 0.849. The van der Waals surface area contributed by atoms with Gasteiger partial charge in [0.25, 0.3) is 5.91 Å². The number of likely N-dealkylation sites (N-methyl/N-ethyl adjacent to an activating group) is 1. The summed E-state index contributed by atoms with van der Waals surface area (Å²) in [6, 6.07) is 7.44. The molecule has 21 heavy (non-hydrogen) atoms. The molecule has 112 valence electrons. The van der Waals surface area contributed by atoms with Crippen molar-refractivity contribution in [1.82, 2.24) is 9.80 Å². The van der Waals surface area contributed by atoms with E-state index in [1.165, 1.54) is 0 Å². The summed E-state index contributed by atoms with van der Waals surface area (Å²) < 4.78 is 0. The minimum atomic E-state index is 0.0437. The van der Waals surface area contributed by atoms with Gasteiger partial charge in [0.1, 0.15) is 0 Å². The van der Waals surface area contributed by atoms with Gasteiger partial charge >= 0.3 is 0 Å². The van der Waals surface area contributed by atoms with Gasteiger partial charge in [-0.05, 0) is 18.7 Å². The van der Waals surface area contributed by atoms with Gasteiger partial charge in [-0.2, -0.15) is 0 Å². The fourth-order valence-electron chi connectivity index (χ4n) is 2.43. The van der Waals surface area contributed by atoms with Gasteiger partial charge < -0.3 is 14.9 Å². The molecule has 1 aromatic rings. The Morgan fingerprint density at radius 3 is 2.62 bits per heavy atom. The molecule has 0 spiro atoms. The van der Waals surface area contributed by atoms with E-state index in [4.69, 9.17) is 5.11 Å². The molecular formula is C17H22N2O2. The van der Waals surface area contributed by atoms with Crippen LogP contribution >= 0.6 is 0 Å². The second-order valence-electron chi connectivity index (χ2n) is 5.05. The van der Waals surface area contributed by atoms with Crippen LogP contribution in [0.25, 0.3) is 0 Å². The number of nitrogens with zero attached hydrogens (tertiary/aromatic N) is 2. The van der Waals surface area contributed by atoms with Crippen molar-refractivity contribution in [2.24, 2.45) is 0 Å². The monoisotopic (exact) mass is 286 g/mol. The Labute approximate surface area is 126 Å². The van der Waals surface area contributed by atoms with Crippen molar-refractivity contribution >= 4 is 5.91 Å². The Morgan fingerprint density at radius 1 is 1.24 bits per heavy atom. The average molecular weight is 286 g/mol. The van der Waals surface area contributed by atoms with Gasteiger partial charge in [0.15, 0.2) is 0 Å². The number of amides is 1. The number of aliphatic hydroxyl groups is 1. The van der Waals surface area contributed by atoms with Crippen LogP contribution in [-0.2, 0) is 0 Å². The van der Waals surface area contributed by atoms with E-state index in [0.717, 1.165) is 38.3 Å². The van der Waals surface area contributed by atoms with Crippen molar-refractivity contribution in [3.8, 4) is 11.8 Å². The maximum atomic E-state index is 12.6. The van der Waals surface area contributed by atoms with E-state index in [-0.39, 0.29) is 12.5 Å². The largest absolute Gasteiger partial charge is 0.395 e. The lowest BCUT2D eigenvalue weighted by Crippen LogP contribution is -2.48. The molecule has 1 aromatic carbocycles. The molecule has 1 amide bonds. The zero-order chi connectivity index (χ0) is 15.1. The first-order chi connectivity index (χ1) is 10.3. The van der Waals surface area contributed by atoms with E-state index < -0.39 is 0 Å². The summed E-state index contributed by atoms with van der Waals surface area (Å²) >= 11 is 0. The molecule has 1 aliphatic heterocycles. The van der Waals surface area contributed by atoms with Crippen LogP contribution < -0.4 is 0 Å². The number of carbonyl (C=O) groups excluding carboxylic acids is 1. The molecule has 1 saturated heterocycles. The Balaban J connectivity index is 2.11. The number of hydrogen-bond donors (Lipinski definition) is 1. The van der Waals surface area contributed by atoms with Crippen LogP contribution in [0, 0.1) is 11.8 Å². The minimum Gasteiger partial charge on any atom is -0.395 e. The third kappa shape index (κ3) is 4.07. The molecule has 0 unspecified atom stereocenters. The van der Waals surface area contributed by atoms with Gasteiger partial charge in [0.2, 0.25) is 0 Å². The highest BCUT2D eigenvalue weighted by Gasteiger charge is 2.22. The molecule has 0 radical (unpaired) electrons. The van der Waals surface area contributed by atoms with E-state index in [9.17, 15) is 4.79 Å². The molecule has 4 nitrogen and oxygen atoms in total. The van der Waals surface area contributed by atoms with Crippen LogP contribution in [0.3, 0.4) is 0 Å². The van der Waals surface area contributed by atoms with Crippen molar-refractivity contribution in [3.05, 3.63) is 35.4 Å². The molecule has 0 aliphatic carbocycles. The average Bonchev–Trinajstić information content (AvgIpc) is 2.55. The fraction of sp³-hybridized carbons (Fsp3) is 0.471. The van der Waals surface area contributed by atoms with Crippen molar-refractivity contribution in [1.29, 1.82) is 0 Å². The molecule has 1 N–H and O–H groups in total. The molecule has 0 saturated carbocycles. The molecule has 1 fully saturated rings. The SMILES string of the molecule is CCN1CCN(C(=O)c2ccccc2C#CCCO)CC1. The van der Waals surface area contributed by atoms with Gasteiger partial charge in [-0.3, -0.25) is 4.79 Å². The Bertz CT molecular complexity index is 537. The zero-order valence-electron chi connectivity index (χ0n) is 12.5. The first-order valence-corrected chi connectivity index (χ1v) is 7.46. The van der Waals surface area contributed by atoms with E-state index in [1.807, 2.05) is 29.2 Å². The number of hydrogen-bond acceptors (Lipinski definition) is 3. The summed E-state index contributed by atoms with van der Waals surface area (Å²) in [5, 5.41) is 8.79. The molecule has 2 rings (SSSR count). The van der Waals surface area contributed by atoms with E-state index >= 15 is 0 Å². The first-order valence-electron chi connectivity index (χ1n) is 7.46. The minimum absolute atomic E-state index is 0.0437. The summed E-state index contributed by atoms with van der Waals surface area (Å²) in [5.41, 5.74) is 1.40. The smallest absolute Gasteiger partial charge is 0.255 e. The highest BCUT2D eigenvalue weighted by atomic mass is 16.2. The topological polar surface area (TPSA) is 43.8 Å². The van der Waals surface area contributed by atoms with Crippen LogP contribution in [-0.4, -0.2) is 60.1 Å². The molecular weight excluding hydrogens is 264 g/mol. The number of piperazine rings is 1. The molecule has 0 bridgehead atoms. The van der Waals surface area contributed by atoms with Crippen LogP contribution in [0.2, 0.25) is 0 Å². The number of carbonyl (C=O) groups is 1. The maximum Gasteiger partial charge on any atom is 0.255 e. The summed E-state index contributed by atoms with van der Waals surface area (Å²) in [6.45, 7) is 6.62. The lowest BCUT2D eigenvalue weighted by Gasteiger charge is -2.34. The molecule has 1 heterocycles. The van der Waals surface area contributed by atoms with E-state index in [0.29, 0.717) is 12.0 Å². The third-order valence-electron chi connectivity index (χ3n) is 3.72. The Hall–Kier alpha value is -1.83. The summed E-state index contributed by atoms with van der Waals surface area (Å²) in [4.78, 5) is 16.9. The Kier molecular flexibility index (Phi) is 5.79. The Morgan fingerprint density at radius 2 is 1.95 bits per heavy atom. The van der Waals surface area contributed by atoms with Gasteiger partial charge in [0.05, 0.1) is 12.2 Å². The number of aliphatic hydroxyl groups excluding tert-OH is 1. The van der Waals surface area contributed by atoms with Gasteiger partial charge in [-0.25, -0.2) is 0 Å². The van der Waals surface area contributed by atoms with Crippen LogP contribution in [0.1, 0.15) is 29.3 Å². The van der Waals surface area contributed by atoms with Crippen LogP contribution in [0.15, 0.2) is 24.3 Å². The molecule has 4 heteroatoms. The lowest BCUT2D eigenvalue weighted by molar-refractivity contribution is 0.0643. The highest BCUT2D eigenvalue weighted by molar-refractivity contribution is 5.96. The second-order valence-corrected chi connectivity index (χ2v) is 5.05. The maximum absolute atomic E-state index is 12.6. The van der Waals surface area contributed by atoms with Crippen molar-refractivity contribution in [2.45, 2.75) is 13.3 Å². The summed E-state index contributed by atoms with van der Waals surface area (Å²) in [5.74, 6) is 5.93. The van der Waals surface area contributed by atoms with E-state index in [2.05, 4.69) is 23.7 Å². The van der Waals surface area contributed by atoms with Crippen molar-refractivity contribution in [3.63, 3.8) is 0 Å². The normalized spacial score (nSPS) is 15.4. The standard InChI is InChI=1S/C17H22N2O2/c1-2-18-10-12-19(13-11-18)17(21)16-9-4-3-7-15(16)8-5-6-14-20/h3-4,7,9,20H,2,6,10-14H2,1H3. The van der Waals surface area contributed by atoms with Crippen molar-refractivity contribution in [2.75, 3.05) is 39.3 Å². The van der Waals surface area contributed by atoms with Gasteiger partial charge in [0, 0.05) is 38.2 Å². The zero-order valence-corrected chi connectivity index (χ0v) is 12.5. The highest BCUT2D eigenvalue weighted by Crippen LogP contribution is 2.13. The molecule has 0 aromatic heterocycles. The predicted molar refractivity (Wildman–Crippen MR) is 83.0 cm³/mol. The lowest BCUT2D eigenvalue weighted by atomic mass is 10.1. The van der Waals surface area contributed by atoms with Gasteiger partial charge in [-0.15, -0.1) is 0 Å².